The van der Waals surface area contributed by atoms with Crippen LogP contribution in [0.15, 0.2) is 36.4 Å². The number of aliphatic hydroxyl groups excluding tert-OH is 1. The molecule has 0 aliphatic heterocycles. The van der Waals surface area contributed by atoms with Gasteiger partial charge in [-0.15, -0.1) is 0 Å². The van der Waals surface area contributed by atoms with E-state index in [1.54, 1.807) is 27.0 Å². The van der Waals surface area contributed by atoms with Crippen LogP contribution in [0.4, 0.5) is 0 Å². The van der Waals surface area contributed by atoms with Gasteiger partial charge in [-0.05, 0) is 25.3 Å². The number of carbonyl (C=O) groups excluding carboxylic acids is 1. The van der Waals surface area contributed by atoms with Crippen LogP contribution in [0.2, 0.25) is 0 Å². The van der Waals surface area contributed by atoms with Gasteiger partial charge in [0.05, 0.1) is 24.8 Å². The van der Waals surface area contributed by atoms with Gasteiger partial charge >= 0.3 is 0 Å². The van der Waals surface area contributed by atoms with E-state index in [2.05, 4.69) is 5.32 Å². The van der Waals surface area contributed by atoms with Crippen molar-refractivity contribution in [2.45, 2.75) is 19.4 Å². The average molecular weight is 273 g/mol. The normalized spacial score (nSPS) is 11.4. The fourth-order valence-electron chi connectivity index (χ4n) is 2.06. The van der Waals surface area contributed by atoms with Crippen LogP contribution in [0.3, 0.4) is 0 Å². The number of hydrogen-bond donors (Lipinski definition) is 2. The fourth-order valence-corrected chi connectivity index (χ4v) is 2.06. The van der Waals surface area contributed by atoms with Gasteiger partial charge < -0.3 is 15.2 Å². The molecule has 0 atom stereocenters. The molecule has 4 heteroatoms. The molecule has 0 heterocycles. The maximum atomic E-state index is 12.3. The summed E-state index contributed by atoms with van der Waals surface area (Å²) in [5, 5.41) is 13.9. The summed E-state index contributed by atoms with van der Waals surface area (Å²) in [7, 11) is 1.55. The zero-order chi connectivity index (χ0) is 14.8. The minimum Gasteiger partial charge on any atom is -0.495 e. The fraction of sp³-hybridized carbons (Fsp3) is 0.312. The molecule has 0 spiro atoms. The number of carbonyl (C=O) groups is 1. The number of methoxy groups -OCH3 is 1. The van der Waals surface area contributed by atoms with Crippen LogP contribution < -0.4 is 10.1 Å². The van der Waals surface area contributed by atoms with Crippen LogP contribution in [0.5, 0.6) is 5.75 Å². The van der Waals surface area contributed by atoms with Gasteiger partial charge in [-0.3, -0.25) is 4.79 Å². The van der Waals surface area contributed by atoms with Crippen molar-refractivity contribution in [1.82, 2.24) is 5.32 Å². The second-order valence-electron chi connectivity index (χ2n) is 5.36. The molecule has 2 N–H and O–H groups in total. The van der Waals surface area contributed by atoms with Gasteiger partial charge in [-0.1, -0.05) is 30.3 Å². The van der Waals surface area contributed by atoms with Crippen molar-refractivity contribution in [2.24, 2.45) is 0 Å². The maximum Gasteiger partial charge on any atom is 0.255 e. The van der Waals surface area contributed by atoms with Crippen molar-refractivity contribution in [3.05, 3.63) is 42.0 Å². The van der Waals surface area contributed by atoms with Gasteiger partial charge in [0, 0.05) is 5.39 Å². The molecule has 0 aromatic heterocycles. The van der Waals surface area contributed by atoms with Crippen molar-refractivity contribution in [2.75, 3.05) is 13.7 Å². The van der Waals surface area contributed by atoms with Gasteiger partial charge in [0.2, 0.25) is 0 Å². The molecule has 0 saturated heterocycles. The van der Waals surface area contributed by atoms with Crippen LogP contribution in [-0.4, -0.2) is 30.3 Å². The number of aliphatic hydroxyl groups is 1. The smallest absolute Gasteiger partial charge is 0.255 e. The van der Waals surface area contributed by atoms with Crippen LogP contribution in [0, 0.1) is 0 Å². The van der Waals surface area contributed by atoms with Crippen molar-refractivity contribution < 1.29 is 14.6 Å². The van der Waals surface area contributed by atoms with Crippen molar-refractivity contribution in [3.63, 3.8) is 0 Å². The number of hydrogen-bond acceptors (Lipinski definition) is 3. The van der Waals surface area contributed by atoms with E-state index < -0.39 is 5.54 Å². The third-order valence-electron chi connectivity index (χ3n) is 3.18. The molecule has 0 fully saturated rings. The highest BCUT2D eigenvalue weighted by atomic mass is 16.5. The Hall–Kier alpha value is -2.07. The predicted molar refractivity (Wildman–Crippen MR) is 79.1 cm³/mol. The number of fused-ring (bicyclic) bond motifs is 1. The van der Waals surface area contributed by atoms with Crippen LogP contribution in [0.25, 0.3) is 10.8 Å². The van der Waals surface area contributed by atoms with E-state index in [4.69, 9.17) is 4.74 Å². The van der Waals surface area contributed by atoms with Crippen LogP contribution >= 0.6 is 0 Å². The lowest BCUT2D eigenvalue weighted by molar-refractivity contribution is 0.0866. The Morgan fingerprint density at radius 1 is 1.25 bits per heavy atom. The molecule has 4 nitrogen and oxygen atoms in total. The number of nitrogens with one attached hydrogen (secondary N) is 1. The van der Waals surface area contributed by atoms with Crippen molar-refractivity contribution in [1.29, 1.82) is 0 Å². The van der Waals surface area contributed by atoms with E-state index >= 15 is 0 Å². The molecule has 0 aliphatic rings. The molecule has 2 rings (SSSR count). The lowest BCUT2D eigenvalue weighted by Gasteiger charge is -2.24. The molecule has 0 unspecified atom stereocenters. The number of amides is 1. The Morgan fingerprint density at radius 2 is 1.95 bits per heavy atom. The summed E-state index contributed by atoms with van der Waals surface area (Å²) in [4.78, 5) is 12.3. The molecule has 106 valence electrons. The highest BCUT2D eigenvalue weighted by molar-refractivity contribution is 6.04. The van der Waals surface area contributed by atoms with Gasteiger partial charge in [-0.25, -0.2) is 0 Å². The predicted octanol–water partition coefficient (Wildman–Crippen LogP) is 2.35. The summed E-state index contributed by atoms with van der Waals surface area (Å²) >= 11 is 0. The van der Waals surface area contributed by atoms with Gasteiger partial charge in [0.1, 0.15) is 5.75 Å². The van der Waals surface area contributed by atoms with Gasteiger partial charge in [0.25, 0.3) is 5.91 Å². The van der Waals surface area contributed by atoms with E-state index in [0.717, 1.165) is 10.8 Å². The molecular formula is C16H19NO3. The van der Waals surface area contributed by atoms with E-state index in [1.807, 2.05) is 30.3 Å². The summed E-state index contributed by atoms with van der Waals surface area (Å²) in [6.07, 6.45) is 0. The van der Waals surface area contributed by atoms with Gasteiger partial charge in [0.15, 0.2) is 0 Å². The summed E-state index contributed by atoms with van der Waals surface area (Å²) in [6.45, 7) is 3.39. The first kappa shape index (κ1) is 14.3. The quantitative estimate of drug-likeness (QED) is 0.899. The van der Waals surface area contributed by atoms with E-state index in [1.165, 1.54) is 0 Å². The van der Waals surface area contributed by atoms with Crippen LogP contribution in [-0.2, 0) is 0 Å². The molecule has 2 aromatic carbocycles. The molecule has 2 aromatic rings. The summed E-state index contributed by atoms with van der Waals surface area (Å²) in [6, 6.07) is 11.4. The Labute approximate surface area is 118 Å². The Kier molecular flexibility index (Phi) is 3.95. The first-order valence-corrected chi connectivity index (χ1v) is 6.47. The highest BCUT2D eigenvalue weighted by Gasteiger charge is 2.22. The number of rotatable bonds is 4. The number of benzene rings is 2. The third kappa shape index (κ3) is 2.75. The molecule has 0 radical (unpaired) electrons. The topological polar surface area (TPSA) is 58.6 Å². The minimum atomic E-state index is -0.673. The molecule has 0 saturated carbocycles. The standard InChI is InChI=1S/C16H19NO3/c1-16(2,10-18)17-15(19)13-9-8-11-6-4-5-7-12(11)14(13)20-3/h4-9,18H,10H2,1-3H3,(H,17,19). The first-order valence-electron chi connectivity index (χ1n) is 6.47. The largest absolute Gasteiger partial charge is 0.495 e. The summed E-state index contributed by atoms with van der Waals surface area (Å²) in [5.74, 6) is 0.293. The number of ether oxygens (including phenoxy) is 1. The first-order chi connectivity index (χ1) is 9.48. The van der Waals surface area contributed by atoms with E-state index in [-0.39, 0.29) is 12.5 Å². The average Bonchev–Trinajstić information content (AvgIpc) is 2.45. The van der Waals surface area contributed by atoms with Gasteiger partial charge in [-0.2, -0.15) is 0 Å². The van der Waals surface area contributed by atoms with Crippen molar-refractivity contribution in [3.8, 4) is 5.75 Å². The molecule has 20 heavy (non-hydrogen) atoms. The molecule has 0 bridgehead atoms. The van der Waals surface area contributed by atoms with Crippen molar-refractivity contribution >= 4 is 16.7 Å². The minimum absolute atomic E-state index is 0.130. The molecule has 1 amide bonds. The second-order valence-corrected chi connectivity index (χ2v) is 5.36. The highest BCUT2D eigenvalue weighted by Crippen LogP contribution is 2.29. The Bertz CT molecular complexity index is 635. The molecule has 0 aliphatic carbocycles. The lowest BCUT2D eigenvalue weighted by atomic mass is 10.0. The summed E-state index contributed by atoms with van der Waals surface area (Å²) < 4.78 is 5.40. The second kappa shape index (κ2) is 5.51. The Balaban J connectivity index is 2.46. The third-order valence-corrected chi connectivity index (χ3v) is 3.18. The molecular weight excluding hydrogens is 254 g/mol. The SMILES string of the molecule is COc1c(C(=O)NC(C)(C)CO)ccc2ccccc12. The zero-order valence-electron chi connectivity index (χ0n) is 11.9. The van der Waals surface area contributed by atoms with Crippen LogP contribution in [0.1, 0.15) is 24.2 Å². The lowest BCUT2D eigenvalue weighted by Crippen LogP contribution is -2.46. The monoisotopic (exact) mass is 273 g/mol. The van der Waals surface area contributed by atoms with E-state index in [9.17, 15) is 9.90 Å². The van der Waals surface area contributed by atoms with E-state index in [0.29, 0.717) is 11.3 Å². The Morgan fingerprint density at radius 3 is 2.60 bits per heavy atom. The summed E-state index contributed by atoms with van der Waals surface area (Å²) in [5.41, 5.74) is -0.207. The maximum absolute atomic E-state index is 12.3. The zero-order valence-corrected chi connectivity index (χ0v) is 11.9.